The maximum Gasteiger partial charge on any atom is 0.243 e. The van der Waals surface area contributed by atoms with Crippen LogP contribution in [0, 0.1) is 0 Å². The molecule has 1 aliphatic rings. The average molecular weight is 301 g/mol. The van der Waals surface area contributed by atoms with Gasteiger partial charge < -0.3 is 14.2 Å². The molecule has 0 bridgehead atoms. The van der Waals surface area contributed by atoms with E-state index in [1.165, 1.54) is 30.7 Å². The summed E-state index contributed by atoms with van der Waals surface area (Å²) in [7, 11) is 1.06. The van der Waals surface area contributed by atoms with Gasteiger partial charge in [-0.15, -0.1) is 0 Å². The molecule has 1 atom stereocenters. The summed E-state index contributed by atoms with van der Waals surface area (Å²) < 4.78 is 42.0. The van der Waals surface area contributed by atoms with Gasteiger partial charge in [0.05, 0.1) is 25.2 Å². The van der Waals surface area contributed by atoms with Gasteiger partial charge in [-0.2, -0.15) is 4.31 Å². The van der Waals surface area contributed by atoms with Gasteiger partial charge in [-0.1, -0.05) is 0 Å². The number of sulfonamides is 1. The van der Waals surface area contributed by atoms with Gasteiger partial charge in [-0.25, -0.2) is 8.42 Å². The summed E-state index contributed by atoms with van der Waals surface area (Å²) in [5.74, 6) is 0.902. The van der Waals surface area contributed by atoms with E-state index in [1.807, 2.05) is 0 Å². The van der Waals surface area contributed by atoms with Crippen LogP contribution in [-0.2, 0) is 14.8 Å². The minimum atomic E-state index is -3.52. The largest absolute Gasteiger partial charge is 0.493 e. The van der Waals surface area contributed by atoms with Crippen molar-refractivity contribution in [2.24, 2.45) is 0 Å². The lowest BCUT2D eigenvalue weighted by Crippen LogP contribution is -2.30. The Labute approximate surface area is 119 Å². The zero-order valence-electron chi connectivity index (χ0n) is 11.8. The van der Waals surface area contributed by atoms with Gasteiger partial charge in [0.2, 0.25) is 10.0 Å². The molecule has 2 rings (SSSR count). The molecule has 0 aromatic heterocycles. The van der Waals surface area contributed by atoms with Crippen molar-refractivity contribution in [2.45, 2.75) is 17.4 Å². The number of nitrogens with zero attached hydrogens (tertiary/aromatic N) is 1. The van der Waals surface area contributed by atoms with Gasteiger partial charge in [0.1, 0.15) is 0 Å². The van der Waals surface area contributed by atoms with Crippen LogP contribution in [0.5, 0.6) is 11.5 Å². The molecule has 112 valence electrons. The van der Waals surface area contributed by atoms with Crippen molar-refractivity contribution in [1.29, 1.82) is 0 Å². The van der Waals surface area contributed by atoms with Crippen molar-refractivity contribution in [3.8, 4) is 11.5 Å². The van der Waals surface area contributed by atoms with Crippen molar-refractivity contribution in [3.05, 3.63) is 18.2 Å². The lowest BCUT2D eigenvalue weighted by Gasteiger charge is -2.17. The van der Waals surface area contributed by atoms with E-state index in [0.717, 1.165) is 0 Å². The van der Waals surface area contributed by atoms with Crippen LogP contribution in [0.1, 0.15) is 6.42 Å². The topological polar surface area (TPSA) is 65.1 Å². The van der Waals surface area contributed by atoms with Gasteiger partial charge in [-0.05, 0) is 18.6 Å². The smallest absolute Gasteiger partial charge is 0.243 e. The first-order valence-electron chi connectivity index (χ1n) is 6.28. The van der Waals surface area contributed by atoms with E-state index in [-0.39, 0.29) is 11.0 Å². The zero-order chi connectivity index (χ0) is 14.8. The van der Waals surface area contributed by atoms with Crippen LogP contribution >= 0.6 is 0 Å². The summed E-state index contributed by atoms with van der Waals surface area (Å²) in [6, 6.07) is 4.60. The standard InChI is InChI=1S/C13H19NO5S/c1-17-10-6-7-14(9-10)20(15,16)11-4-5-12(18-2)13(8-11)19-3/h4-5,8,10H,6-7,9H2,1-3H3. The monoisotopic (exact) mass is 301 g/mol. The second-order valence-corrected chi connectivity index (χ2v) is 6.46. The second-order valence-electron chi connectivity index (χ2n) is 4.53. The molecule has 0 saturated carbocycles. The lowest BCUT2D eigenvalue weighted by atomic mass is 10.3. The van der Waals surface area contributed by atoms with E-state index in [9.17, 15) is 8.42 Å². The van der Waals surface area contributed by atoms with Crippen molar-refractivity contribution in [3.63, 3.8) is 0 Å². The second kappa shape index (κ2) is 5.99. The van der Waals surface area contributed by atoms with Gasteiger partial charge in [0, 0.05) is 26.3 Å². The lowest BCUT2D eigenvalue weighted by molar-refractivity contribution is 0.115. The molecule has 0 aliphatic carbocycles. The van der Waals surface area contributed by atoms with E-state index in [1.54, 1.807) is 13.2 Å². The summed E-state index contributed by atoms with van der Waals surface area (Å²) in [6.07, 6.45) is 0.674. The highest BCUT2D eigenvalue weighted by atomic mass is 32.2. The number of hydrogen-bond acceptors (Lipinski definition) is 5. The van der Waals surface area contributed by atoms with Crippen molar-refractivity contribution in [2.75, 3.05) is 34.4 Å². The minimum Gasteiger partial charge on any atom is -0.493 e. The number of hydrogen-bond donors (Lipinski definition) is 0. The van der Waals surface area contributed by atoms with E-state index in [0.29, 0.717) is 31.0 Å². The highest BCUT2D eigenvalue weighted by Gasteiger charge is 2.33. The number of benzene rings is 1. The molecule has 1 saturated heterocycles. The molecule has 1 aromatic rings. The van der Waals surface area contributed by atoms with Gasteiger partial charge in [0.25, 0.3) is 0 Å². The normalized spacial score (nSPS) is 20.1. The van der Waals surface area contributed by atoms with Gasteiger partial charge >= 0.3 is 0 Å². The van der Waals surface area contributed by atoms with E-state index >= 15 is 0 Å². The van der Waals surface area contributed by atoms with E-state index < -0.39 is 10.0 Å². The SMILES string of the molecule is COc1ccc(S(=O)(=O)N2CCC(OC)C2)cc1OC. The van der Waals surface area contributed by atoms with Crippen LogP contribution < -0.4 is 9.47 Å². The molecule has 6 nitrogen and oxygen atoms in total. The van der Waals surface area contributed by atoms with Gasteiger partial charge in [0.15, 0.2) is 11.5 Å². The first-order valence-corrected chi connectivity index (χ1v) is 7.72. The molecule has 1 fully saturated rings. The Balaban J connectivity index is 2.30. The number of ether oxygens (including phenoxy) is 3. The highest BCUT2D eigenvalue weighted by Crippen LogP contribution is 2.31. The molecule has 1 aliphatic heterocycles. The van der Waals surface area contributed by atoms with E-state index in [4.69, 9.17) is 14.2 Å². The van der Waals surface area contributed by atoms with Crippen LogP contribution in [0.2, 0.25) is 0 Å². The van der Waals surface area contributed by atoms with Crippen LogP contribution in [-0.4, -0.2) is 53.2 Å². The van der Waals surface area contributed by atoms with Crippen LogP contribution in [0.4, 0.5) is 0 Å². The number of methoxy groups -OCH3 is 3. The summed E-state index contributed by atoms with van der Waals surface area (Å²) in [6.45, 7) is 0.850. The summed E-state index contributed by atoms with van der Waals surface area (Å²) in [5.41, 5.74) is 0. The third-order valence-electron chi connectivity index (χ3n) is 3.43. The molecule has 0 radical (unpaired) electrons. The molecule has 1 heterocycles. The summed E-state index contributed by atoms with van der Waals surface area (Å²) in [5, 5.41) is 0. The summed E-state index contributed by atoms with van der Waals surface area (Å²) in [4.78, 5) is 0.201. The fourth-order valence-corrected chi connectivity index (χ4v) is 3.74. The third kappa shape index (κ3) is 2.74. The Morgan fingerprint density at radius 3 is 2.40 bits per heavy atom. The Hall–Kier alpha value is -1.31. The maximum absolute atomic E-state index is 12.5. The molecule has 0 spiro atoms. The van der Waals surface area contributed by atoms with E-state index in [2.05, 4.69) is 0 Å². The van der Waals surface area contributed by atoms with Crippen LogP contribution in [0.25, 0.3) is 0 Å². The van der Waals surface area contributed by atoms with Crippen LogP contribution in [0.15, 0.2) is 23.1 Å². The van der Waals surface area contributed by atoms with Crippen LogP contribution in [0.3, 0.4) is 0 Å². The van der Waals surface area contributed by atoms with Crippen molar-refractivity contribution < 1.29 is 22.6 Å². The zero-order valence-corrected chi connectivity index (χ0v) is 12.6. The Kier molecular flexibility index (Phi) is 4.52. The third-order valence-corrected chi connectivity index (χ3v) is 5.29. The molecule has 20 heavy (non-hydrogen) atoms. The molecule has 1 unspecified atom stereocenters. The molecular weight excluding hydrogens is 282 g/mol. The Morgan fingerprint density at radius 1 is 1.15 bits per heavy atom. The maximum atomic E-state index is 12.5. The average Bonchev–Trinajstić information content (AvgIpc) is 2.96. The Bertz CT molecular complexity index is 572. The fourth-order valence-electron chi connectivity index (χ4n) is 2.23. The number of rotatable bonds is 5. The molecular formula is C13H19NO5S. The first-order chi connectivity index (χ1) is 9.52. The van der Waals surface area contributed by atoms with Gasteiger partial charge in [-0.3, -0.25) is 0 Å². The van der Waals surface area contributed by atoms with Crippen molar-refractivity contribution >= 4 is 10.0 Å². The molecule has 7 heteroatoms. The minimum absolute atomic E-state index is 0.0371. The fraction of sp³-hybridized carbons (Fsp3) is 0.538. The Morgan fingerprint density at radius 2 is 1.85 bits per heavy atom. The van der Waals surface area contributed by atoms with Crippen molar-refractivity contribution in [1.82, 2.24) is 4.31 Å². The molecule has 1 aromatic carbocycles. The molecule has 0 amide bonds. The first kappa shape index (κ1) is 15.1. The molecule has 0 N–H and O–H groups in total. The summed E-state index contributed by atoms with van der Waals surface area (Å²) >= 11 is 0. The predicted octanol–water partition coefficient (Wildman–Crippen LogP) is 1.11. The highest BCUT2D eigenvalue weighted by molar-refractivity contribution is 7.89. The predicted molar refractivity (Wildman–Crippen MR) is 73.7 cm³/mol. The quantitative estimate of drug-likeness (QED) is 0.815.